The average Bonchev–Trinajstić information content (AvgIpc) is 3.97. The fourth-order valence-corrected chi connectivity index (χ4v) is 10.4. The van der Waals surface area contributed by atoms with Crippen LogP contribution in [0.5, 0.6) is 0 Å². The molecule has 2 heterocycles. The molecule has 1 unspecified atom stereocenters. The van der Waals surface area contributed by atoms with Crippen molar-refractivity contribution in [2.45, 2.75) is 163 Å². The number of nitrogens with one attached hydrogen (secondary N) is 3. The Balaban J connectivity index is 1.41. The second-order valence-corrected chi connectivity index (χ2v) is 20.5. The standard InChI is InChI=1S/C55H85N5O9/c1-12-38(7)42(27-26-37(6)30-45(35(2)3)57-54(65)51(36(4)5)59(9)28-19-25-50(62)63)48(67-10)32-49(61)60-29-18-24-47(60)52(68-11)39(8)53(64)58-46(55(66)69-34-40-20-14-13-15-21-40)31-41-33-56-44-23-17-16-22-43(41)44/h13-17,20-23,33,35-39,42,45-48,51-52,56H,12,18-19,24-32,34H2,1-11H3,(H,57,65)(H,58,64)(H,62,63)/t37?,38-,39+,42-,45+,46-,47-,48+,51-,52+/m0/s1. The number of aromatic amines is 1. The van der Waals surface area contributed by atoms with Gasteiger partial charge in [0, 0.05) is 56.7 Å². The van der Waals surface area contributed by atoms with Gasteiger partial charge in [0.2, 0.25) is 17.7 Å². The first kappa shape index (κ1) is 56.8. The summed E-state index contributed by atoms with van der Waals surface area (Å²) in [6.45, 7) is 17.9. The van der Waals surface area contributed by atoms with E-state index in [1.165, 1.54) is 0 Å². The number of aromatic nitrogens is 1. The molecule has 0 bridgehead atoms. The van der Waals surface area contributed by atoms with Crippen LogP contribution in [0.4, 0.5) is 0 Å². The number of esters is 1. The van der Waals surface area contributed by atoms with Gasteiger partial charge in [0.15, 0.2) is 0 Å². The highest BCUT2D eigenvalue weighted by molar-refractivity contribution is 5.88. The Labute approximate surface area is 412 Å². The lowest BCUT2D eigenvalue weighted by atomic mass is 9.79. The Hall–Kier alpha value is -4.79. The minimum absolute atomic E-state index is 0.0278. The fourth-order valence-electron chi connectivity index (χ4n) is 10.4. The number of fused-ring (bicyclic) bond motifs is 1. The molecule has 0 saturated carbocycles. The van der Waals surface area contributed by atoms with Crippen LogP contribution in [0, 0.1) is 35.5 Å². The van der Waals surface area contributed by atoms with E-state index in [0.29, 0.717) is 31.8 Å². The number of likely N-dealkylation sites (tertiary alicyclic amines) is 1. The molecular weight excluding hydrogens is 875 g/mol. The smallest absolute Gasteiger partial charge is 0.329 e. The van der Waals surface area contributed by atoms with Crippen molar-refractivity contribution in [2.24, 2.45) is 35.5 Å². The maximum Gasteiger partial charge on any atom is 0.329 e. The van der Waals surface area contributed by atoms with Gasteiger partial charge >= 0.3 is 11.9 Å². The number of carboxylic acid groups (broad SMARTS) is 1. The highest BCUT2D eigenvalue weighted by Gasteiger charge is 2.42. The van der Waals surface area contributed by atoms with E-state index in [9.17, 15) is 24.0 Å². The minimum atomic E-state index is -0.966. The molecule has 4 N–H and O–H groups in total. The lowest BCUT2D eigenvalue weighted by Gasteiger charge is -2.36. The second kappa shape index (κ2) is 28.2. The lowest BCUT2D eigenvalue weighted by molar-refractivity contribution is -0.150. The van der Waals surface area contributed by atoms with E-state index in [4.69, 9.17) is 19.3 Å². The van der Waals surface area contributed by atoms with Crippen LogP contribution in [-0.4, -0.2) is 120 Å². The first-order valence-corrected chi connectivity index (χ1v) is 25.5. The van der Waals surface area contributed by atoms with E-state index in [-0.39, 0.29) is 91.5 Å². The second-order valence-electron chi connectivity index (χ2n) is 20.5. The fraction of sp³-hybridized carbons (Fsp3) is 0.655. The Kier molecular flexibility index (Phi) is 23.2. The predicted octanol–water partition coefficient (Wildman–Crippen LogP) is 8.42. The number of H-pyrrole nitrogens is 1. The summed E-state index contributed by atoms with van der Waals surface area (Å²) in [4.78, 5) is 74.4. The summed E-state index contributed by atoms with van der Waals surface area (Å²) in [6, 6.07) is 15.6. The third-order valence-corrected chi connectivity index (χ3v) is 14.7. The van der Waals surface area contributed by atoms with Crippen molar-refractivity contribution in [2.75, 3.05) is 34.4 Å². The van der Waals surface area contributed by atoms with Gasteiger partial charge in [0.25, 0.3) is 0 Å². The summed E-state index contributed by atoms with van der Waals surface area (Å²) < 4.78 is 18.1. The van der Waals surface area contributed by atoms with E-state index in [1.807, 2.05) is 91.5 Å². The van der Waals surface area contributed by atoms with Crippen molar-refractivity contribution < 1.29 is 43.3 Å². The quantitative estimate of drug-likeness (QED) is 0.0474. The predicted molar refractivity (Wildman–Crippen MR) is 271 cm³/mol. The van der Waals surface area contributed by atoms with Gasteiger partial charge in [-0.2, -0.15) is 0 Å². The molecule has 14 heteroatoms. The van der Waals surface area contributed by atoms with Gasteiger partial charge in [-0.1, -0.05) is 117 Å². The Morgan fingerprint density at radius 1 is 0.884 bits per heavy atom. The van der Waals surface area contributed by atoms with Gasteiger partial charge < -0.3 is 39.8 Å². The number of nitrogens with zero attached hydrogens (tertiary/aromatic N) is 2. The van der Waals surface area contributed by atoms with Crippen molar-refractivity contribution >= 4 is 40.6 Å². The Morgan fingerprint density at radius 3 is 2.22 bits per heavy atom. The van der Waals surface area contributed by atoms with Gasteiger partial charge in [0.1, 0.15) is 12.6 Å². The van der Waals surface area contributed by atoms with Gasteiger partial charge in [-0.05, 0) is 92.5 Å². The number of amides is 3. The molecule has 14 nitrogen and oxygen atoms in total. The van der Waals surface area contributed by atoms with E-state index in [0.717, 1.165) is 54.1 Å². The summed E-state index contributed by atoms with van der Waals surface area (Å²) >= 11 is 0. The highest BCUT2D eigenvalue weighted by Crippen LogP contribution is 2.33. The van der Waals surface area contributed by atoms with Gasteiger partial charge in [-0.3, -0.25) is 24.1 Å². The topological polar surface area (TPSA) is 180 Å². The number of ether oxygens (including phenoxy) is 3. The molecule has 69 heavy (non-hydrogen) atoms. The van der Waals surface area contributed by atoms with Crippen molar-refractivity contribution in [3.8, 4) is 0 Å². The third-order valence-electron chi connectivity index (χ3n) is 14.7. The monoisotopic (exact) mass is 960 g/mol. The summed E-state index contributed by atoms with van der Waals surface area (Å²) in [5, 5.41) is 16.5. The lowest BCUT2D eigenvalue weighted by Crippen LogP contribution is -2.53. The molecule has 1 saturated heterocycles. The average molecular weight is 960 g/mol. The van der Waals surface area contributed by atoms with Crippen LogP contribution in [0.2, 0.25) is 0 Å². The molecule has 1 fully saturated rings. The first-order chi connectivity index (χ1) is 32.9. The van der Waals surface area contributed by atoms with Crippen LogP contribution >= 0.6 is 0 Å². The molecule has 0 aliphatic carbocycles. The molecule has 0 spiro atoms. The minimum Gasteiger partial charge on any atom is -0.481 e. The summed E-state index contributed by atoms with van der Waals surface area (Å²) in [6.07, 6.45) is 6.83. The molecule has 384 valence electrons. The van der Waals surface area contributed by atoms with Crippen molar-refractivity contribution in [1.82, 2.24) is 25.4 Å². The number of hydrogen-bond donors (Lipinski definition) is 4. The number of rotatable bonds is 30. The zero-order valence-corrected chi connectivity index (χ0v) is 43.5. The number of benzene rings is 2. The number of para-hydroxylation sites is 1. The number of carbonyl (C=O) groups excluding carboxylic acids is 4. The Morgan fingerprint density at radius 2 is 1.58 bits per heavy atom. The SMILES string of the molecule is CC[C@H](C)[C@H](CCC(C)C[C@@H](NC(=O)[C@H](C(C)C)N(C)CCCC(=O)O)C(C)C)[C@@H](CC(=O)N1CCC[C@H]1[C@H](OC)[C@@H](C)C(=O)N[C@@H](Cc1c[nH]c2ccccc12)C(=O)OCc1ccccc1)OC. The van der Waals surface area contributed by atoms with Crippen LogP contribution in [0.3, 0.4) is 0 Å². The molecule has 3 aromatic rings. The maximum absolute atomic E-state index is 14.4. The summed E-state index contributed by atoms with van der Waals surface area (Å²) in [7, 11) is 5.16. The zero-order valence-electron chi connectivity index (χ0n) is 43.5. The molecule has 2 aromatic carbocycles. The highest BCUT2D eigenvalue weighted by atomic mass is 16.5. The van der Waals surface area contributed by atoms with E-state index in [1.54, 1.807) is 21.1 Å². The van der Waals surface area contributed by atoms with Gasteiger partial charge in [0.05, 0.1) is 36.6 Å². The summed E-state index contributed by atoms with van der Waals surface area (Å²) in [5.41, 5.74) is 2.65. The number of methoxy groups -OCH3 is 2. The van der Waals surface area contributed by atoms with Crippen LogP contribution in [0.25, 0.3) is 10.9 Å². The molecule has 3 amide bonds. The largest absolute Gasteiger partial charge is 0.481 e. The zero-order chi connectivity index (χ0) is 50.8. The molecule has 1 aromatic heterocycles. The number of aliphatic carboxylic acids is 1. The van der Waals surface area contributed by atoms with Crippen LogP contribution in [0.15, 0.2) is 60.8 Å². The molecule has 4 rings (SSSR count). The van der Waals surface area contributed by atoms with E-state index >= 15 is 0 Å². The molecular formula is C55H85N5O9. The van der Waals surface area contributed by atoms with Gasteiger partial charge in [-0.15, -0.1) is 0 Å². The van der Waals surface area contributed by atoms with Crippen LogP contribution < -0.4 is 10.6 Å². The number of carbonyl (C=O) groups is 5. The van der Waals surface area contributed by atoms with E-state index in [2.05, 4.69) is 50.2 Å². The third kappa shape index (κ3) is 16.7. The number of carboxylic acids is 1. The van der Waals surface area contributed by atoms with Crippen molar-refractivity contribution in [1.29, 1.82) is 0 Å². The normalized spacial score (nSPS) is 18.1. The van der Waals surface area contributed by atoms with Crippen molar-refractivity contribution in [3.63, 3.8) is 0 Å². The maximum atomic E-state index is 14.4. The summed E-state index contributed by atoms with van der Waals surface area (Å²) in [5.74, 6) is -1.54. The first-order valence-electron chi connectivity index (χ1n) is 25.5. The number of likely N-dealkylation sites (N-methyl/N-ethyl adjacent to an activating group) is 1. The number of hydrogen-bond acceptors (Lipinski definition) is 9. The van der Waals surface area contributed by atoms with Gasteiger partial charge in [-0.25, -0.2) is 4.79 Å². The van der Waals surface area contributed by atoms with Crippen LogP contribution in [-0.2, 0) is 51.2 Å². The molecule has 10 atom stereocenters. The Bertz CT molecular complexity index is 2060. The van der Waals surface area contributed by atoms with Crippen molar-refractivity contribution in [3.05, 3.63) is 71.9 Å². The molecule has 1 aliphatic rings. The molecule has 1 aliphatic heterocycles. The van der Waals surface area contributed by atoms with Crippen LogP contribution in [0.1, 0.15) is 124 Å². The molecule has 0 radical (unpaired) electrons. The van der Waals surface area contributed by atoms with E-state index < -0.39 is 30.0 Å².